The minimum Gasteiger partial charge on any atom is -0.481 e. The molecule has 1 aliphatic heterocycles. The number of aryl methyl sites for hydroxylation is 1. The molecule has 1 atom stereocenters. The number of hydrazone groups is 1. The zero-order valence-corrected chi connectivity index (χ0v) is 19.1. The highest BCUT2D eigenvalue weighted by molar-refractivity contribution is 5.94. The lowest BCUT2D eigenvalue weighted by Gasteiger charge is -2.22. The number of hydrogen-bond donors (Lipinski definition) is 2. The number of nitrogens with zero attached hydrogens (tertiary/aromatic N) is 2. The van der Waals surface area contributed by atoms with Crippen LogP contribution in [0, 0.1) is 12.7 Å². The number of carboxylic acid groups (broad SMARTS) is 1. The van der Waals surface area contributed by atoms with Crippen molar-refractivity contribution in [2.75, 3.05) is 5.01 Å². The Balaban J connectivity index is 1.53. The highest BCUT2D eigenvalue weighted by atomic mass is 19.4. The Morgan fingerprint density at radius 2 is 1.75 bits per heavy atom. The van der Waals surface area contributed by atoms with Crippen LogP contribution in [0.5, 0.6) is 11.5 Å². The Morgan fingerprint density at radius 1 is 1.06 bits per heavy atom. The van der Waals surface area contributed by atoms with Crippen LogP contribution >= 0.6 is 0 Å². The molecule has 3 aromatic carbocycles. The molecule has 0 spiro atoms. The van der Waals surface area contributed by atoms with Crippen molar-refractivity contribution in [2.45, 2.75) is 38.6 Å². The van der Waals surface area contributed by atoms with Crippen LogP contribution in [-0.4, -0.2) is 34.1 Å². The van der Waals surface area contributed by atoms with E-state index < -0.39 is 42.6 Å². The van der Waals surface area contributed by atoms with Gasteiger partial charge < -0.3 is 14.9 Å². The maximum atomic E-state index is 14.4. The van der Waals surface area contributed by atoms with Gasteiger partial charge in [0.1, 0.15) is 23.0 Å². The van der Waals surface area contributed by atoms with Crippen molar-refractivity contribution in [1.29, 1.82) is 0 Å². The van der Waals surface area contributed by atoms with Crippen molar-refractivity contribution in [1.82, 2.24) is 0 Å². The van der Waals surface area contributed by atoms with Crippen molar-refractivity contribution in [3.8, 4) is 22.6 Å². The highest BCUT2D eigenvalue weighted by Crippen LogP contribution is 2.35. The molecule has 1 heterocycles. The number of aliphatic hydroxyl groups excluding tert-OH is 1. The van der Waals surface area contributed by atoms with Gasteiger partial charge >= 0.3 is 12.1 Å². The maximum absolute atomic E-state index is 14.4. The smallest absolute Gasteiger partial charge is 0.431 e. The van der Waals surface area contributed by atoms with Gasteiger partial charge in [0.05, 0.1) is 24.8 Å². The zero-order valence-electron chi connectivity index (χ0n) is 19.1. The van der Waals surface area contributed by atoms with Crippen molar-refractivity contribution < 1.29 is 37.3 Å². The number of anilines is 1. The van der Waals surface area contributed by atoms with E-state index >= 15 is 0 Å². The van der Waals surface area contributed by atoms with E-state index in [4.69, 9.17) is 9.84 Å². The molecule has 36 heavy (non-hydrogen) atoms. The average molecular weight is 502 g/mol. The van der Waals surface area contributed by atoms with Crippen LogP contribution in [0.25, 0.3) is 11.1 Å². The quantitative estimate of drug-likeness (QED) is 0.384. The fraction of sp³-hybridized carbons (Fsp3) is 0.231. The van der Waals surface area contributed by atoms with Gasteiger partial charge in [0, 0.05) is 12.0 Å². The van der Waals surface area contributed by atoms with Gasteiger partial charge in [-0.05, 0) is 72.1 Å². The van der Waals surface area contributed by atoms with Gasteiger partial charge in [-0.2, -0.15) is 18.3 Å². The number of aliphatic carboxylic acids is 1. The van der Waals surface area contributed by atoms with E-state index in [0.29, 0.717) is 33.9 Å². The van der Waals surface area contributed by atoms with Gasteiger partial charge in [0.2, 0.25) is 0 Å². The summed E-state index contributed by atoms with van der Waals surface area (Å²) in [5, 5.41) is 23.1. The van der Waals surface area contributed by atoms with E-state index in [1.54, 1.807) is 43.3 Å². The predicted octanol–water partition coefficient (Wildman–Crippen LogP) is 6.06. The first-order valence-electron chi connectivity index (χ1n) is 11.0. The summed E-state index contributed by atoms with van der Waals surface area (Å²) < 4.78 is 59.6. The van der Waals surface area contributed by atoms with Crippen LogP contribution in [0.1, 0.15) is 24.0 Å². The number of aliphatic hydroxyl groups is 1. The van der Waals surface area contributed by atoms with Crippen molar-refractivity contribution in [3.63, 3.8) is 0 Å². The topological polar surface area (TPSA) is 82.4 Å². The summed E-state index contributed by atoms with van der Waals surface area (Å²) in [5.41, 5.74) is 1.60. The number of halogens is 4. The molecule has 0 amide bonds. The molecule has 1 unspecified atom stereocenters. The third-order valence-electron chi connectivity index (χ3n) is 5.78. The van der Waals surface area contributed by atoms with Gasteiger partial charge in [-0.15, -0.1) is 0 Å². The third kappa shape index (κ3) is 5.49. The van der Waals surface area contributed by atoms with Crippen LogP contribution in [-0.2, 0) is 11.4 Å². The number of hydrogen-bond acceptors (Lipinski definition) is 5. The highest BCUT2D eigenvalue weighted by Gasteiger charge is 2.43. The summed E-state index contributed by atoms with van der Waals surface area (Å²) in [6.45, 7) is 1.59. The molecule has 0 saturated carbocycles. The first-order valence-corrected chi connectivity index (χ1v) is 11.0. The molecule has 188 valence electrons. The number of alkyl halides is 3. The van der Waals surface area contributed by atoms with Gasteiger partial charge in [-0.25, -0.2) is 4.39 Å². The lowest BCUT2D eigenvalue weighted by atomic mass is 9.98. The van der Waals surface area contributed by atoms with Gasteiger partial charge in [-0.3, -0.25) is 9.80 Å². The summed E-state index contributed by atoms with van der Waals surface area (Å²) in [6.07, 6.45) is -5.64. The Bertz CT molecular complexity index is 1310. The molecular formula is C26H22F4N2O4. The molecule has 0 aliphatic carbocycles. The van der Waals surface area contributed by atoms with Crippen LogP contribution < -0.4 is 9.75 Å². The average Bonchev–Trinajstić information content (AvgIpc) is 3.24. The standard InChI is InChI=1S/C26H22F4N2O4/c1-15-10-20(7-8-21(15)22-11-16(14-33)2-9-23(22)27)36-19-5-3-17(4-6-19)32-18(13-25(34)35)12-24(31-32)26(28,29)30/h2-11,18,33H,12-14H2,1H3,(H,34,35). The second-order valence-electron chi connectivity index (χ2n) is 8.39. The number of rotatable bonds is 7. The molecule has 2 N–H and O–H groups in total. The zero-order chi connectivity index (χ0) is 26.0. The summed E-state index contributed by atoms with van der Waals surface area (Å²) in [5.74, 6) is -0.775. The van der Waals surface area contributed by atoms with Crippen LogP contribution in [0.3, 0.4) is 0 Å². The molecule has 0 saturated heterocycles. The Morgan fingerprint density at radius 3 is 2.36 bits per heavy atom. The molecule has 6 nitrogen and oxygen atoms in total. The van der Waals surface area contributed by atoms with Crippen LogP contribution in [0.4, 0.5) is 23.2 Å². The molecule has 1 aliphatic rings. The molecule has 0 aromatic heterocycles. The van der Waals surface area contributed by atoms with Crippen LogP contribution in [0.15, 0.2) is 65.8 Å². The van der Waals surface area contributed by atoms with Gasteiger partial charge in [-0.1, -0.05) is 12.1 Å². The van der Waals surface area contributed by atoms with Crippen LogP contribution in [0.2, 0.25) is 0 Å². The fourth-order valence-electron chi connectivity index (χ4n) is 4.05. The lowest BCUT2D eigenvalue weighted by Crippen LogP contribution is -2.29. The van der Waals surface area contributed by atoms with Crippen molar-refractivity contribution in [3.05, 3.63) is 77.6 Å². The van der Waals surface area contributed by atoms with Gasteiger partial charge in [0.25, 0.3) is 0 Å². The summed E-state index contributed by atoms with van der Waals surface area (Å²) >= 11 is 0. The molecule has 4 rings (SSSR count). The summed E-state index contributed by atoms with van der Waals surface area (Å²) in [7, 11) is 0. The van der Waals surface area contributed by atoms with Crippen molar-refractivity contribution in [2.24, 2.45) is 5.10 Å². The first kappa shape index (κ1) is 25.2. The van der Waals surface area contributed by atoms with E-state index in [1.165, 1.54) is 24.3 Å². The SMILES string of the molecule is Cc1cc(Oc2ccc(N3N=C(C(F)(F)F)CC3CC(=O)O)cc2)ccc1-c1cc(CO)ccc1F. The van der Waals surface area contributed by atoms with E-state index in [0.717, 1.165) is 10.6 Å². The summed E-state index contributed by atoms with van der Waals surface area (Å²) in [6, 6.07) is 14.6. The molecule has 0 fully saturated rings. The molecular weight excluding hydrogens is 480 g/mol. The Kier molecular flexibility index (Phi) is 6.98. The number of ether oxygens (including phenoxy) is 1. The maximum Gasteiger partial charge on any atom is 0.431 e. The second kappa shape index (κ2) is 9.98. The third-order valence-corrected chi connectivity index (χ3v) is 5.78. The van der Waals surface area contributed by atoms with Gasteiger partial charge in [0.15, 0.2) is 0 Å². The number of carboxylic acids is 1. The molecule has 0 bridgehead atoms. The second-order valence-corrected chi connectivity index (χ2v) is 8.39. The first-order chi connectivity index (χ1) is 17.0. The number of carbonyl (C=O) groups is 1. The molecule has 3 aromatic rings. The largest absolute Gasteiger partial charge is 0.481 e. The minimum absolute atomic E-state index is 0.208. The predicted molar refractivity (Wildman–Crippen MR) is 126 cm³/mol. The Hall–Kier alpha value is -3.92. The molecule has 10 heteroatoms. The lowest BCUT2D eigenvalue weighted by molar-refractivity contribution is -0.137. The fourth-order valence-corrected chi connectivity index (χ4v) is 4.05. The summed E-state index contributed by atoms with van der Waals surface area (Å²) in [4.78, 5) is 11.1. The van der Waals surface area contributed by atoms with E-state index in [1.807, 2.05) is 0 Å². The number of benzene rings is 3. The molecule has 0 radical (unpaired) electrons. The Labute approximate surface area is 204 Å². The van der Waals surface area contributed by atoms with E-state index in [2.05, 4.69) is 5.10 Å². The van der Waals surface area contributed by atoms with E-state index in [-0.39, 0.29) is 6.61 Å². The van der Waals surface area contributed by atoms with Crippen molar-refractivity contribution >= 4 is 17.4 Å². The normalized spacial score (nSPS) is 15.7. The monoisotopic (exact) mass is 502 g/mol. The minimum atomic E-state index is -4.64. The van der Waals surface area contributed by atoms with E-state index in [9.17, 15) is 27.5 Å².